The number of allylic oxidation sites excluding steroid dienone is 2. The van der Waals surface area contributed by atoms with E-state index in [0.29, 0.717) is 6.42 Å². The number of ketones is 1. The Hall–Kier alpha value is -3.34. The van der Waals surface area contributed by atoms with Gasteiger partial charge in [0.25, 0.3) is 0 Å². The molecule has 5 nitrogen and oxygen atoms in total. The van der Waals surface area contributed by atoms with Gasteiger partial charge in [-0.05, 0) is 36.1 Å². The van der Waals surface area contributed by atoms with Crippen molar-refractivity contribution in [3.63, 3.8) is 0 Å². The maximum Gasteiger partial charge on any atom is 0.161 e. The van der Waals surface area contributed by atoms with Gasteiger partial charge in [0.15, 0.2) is 11.6 Å². The minimum Gasteiger partial charge on any atom is -0.497 e. The van der Waals surface area contributed by atoms with Gasteiger partial charge >= 0.3 is 0 Å². The molecule has 3 aromatic rings. The Labute approximate surface area is 163 Å². The standard InChI is InChI=1S/C23H21N3O2/c1-28-16-12-10-14(11-13-16)19-20-17(8-5-9-18(20)27)24-23-21(19)22(25-26-23)15-6-3-2-4-7-15/h2-4,6-7,10-13,19H,5,8-9H2,1H3,(H2,24,25,26)/t19-/m0/s1. The summed E-state index contributed by atoms with van der Waals surface area (Å²) in [5.74, 6) is 1.70. The van der Waals surface area contributed by atoms with Crippen LogP contribution in [0.4, 0.5) is 5.82 Å². The SMILES string of the molecule is COc1ccc([C@H]2C3=C(CCCC3=O)Nc3n[nH]c(-c4ccccc4)c32)cc1. The summed E-state index contributed by atoms with van der Waals surface area (Å²) in [7, 11) is 1.66. The van der Waals surface area contributed by atoms with E-state index in [1.807, 2.05) is 42.5 Å². The summed E-state index contributed by atoms with van der Waals surface area (Å²) in [6.45, 7) is 0. The molecule has 0 saturated heterocycles. The highest BCUT2D eigenvalue weighted by molar-refractivity contribution is 6.01. The molecule has 2 aliphatic rings. The number of aromatic nitrogens is 2. The Balaban J connectivity index is 1.72. The number of carbonyl (C=O) groups is 1. The van der Waals surface area contributed by atoms with Crippen molar-refractivity contribution in [1.29, 1.82) is 0 Å². The third-order valence-electron chi connectivity index (χ3n) is 5.62. The molecule has 5 heteroatoms. The van der Waals surface area contributed by atoms with Crippen LogP contribution in [0.5, 0.6) is 5.75 Å². The number of H-pyrrole nitrogens is 1. The van der Waals surface area contributed by atoms with Crippen molar-refractivity contribution in [3.8, 4) is 17.0 Å². The van der Waals surface area contributed by atoms with Crippen LogP contribution in [0.2, 0.25) is 0 Å². The maximum atomic E-state index is 13.0. The summed E-state index contributed by atoms with van der Waals surface area (Å²) in [5.41, 5.74) is 6.01. The molecule has 2 aromatic carbocycles. The van der Waals surface area contributed by atoms with Gasteiger partial charge in [-0.25, -0.2) is 0 Å². The van der Waals surface area contributed by atoms with Crippen LogP contribution in [-0.4, -0.2) is 23.1 Å². The van der Waals surface area contributed by atoms with Crippen LogP contribution in [-0.2, 0) is 4.79 Å². The minimum atomic E-state index is -0.140. The van der Waals surface area contributed by atoms with E-state index in [0.717, 1.165) is 58.1 Å². The van der Waals surface area contributed by atoms with Gasteiger partial charge in [0, 0.05) is 29.2 Å². The zero-order valence-electron chi connectivity index (χ0n) is 15.7. The fourth-order valence-corrected chi connectivity index (χ4v) is 4.30. The number of nitrogens with zero attached hydrogens (tertiary/aromatic N) is 1. The average Bonchev–Trinajstić information content (AvgIpc) is 3.17. The second-order valence-electron chi connectivity index (χ2n) is 7.23. The van der Waals surface area contributed by atoms with Crippen molar-refractivity contribution in [2.24, 2.45) is 0 Å². The smallest absolute Gasteiger partial charge is 0.161 e. The van der Waals surface area contributed by atoms with Gasteiger partial charge in [0.2, 0.25) is 0 Å². The van der Waals surface area contributed by atoms with Gasteiger partial charge in [-0.15, -0.1) is 0 Å². The van der Waals surface area contributed by atoms with Crippen molar-refractivity contribution in [2.45, 2.75) is 25.2 Å². The maximum absolute atomic E-state index is 13.0. The Morgan fingerprint density at radius 2 is 1.82 bits per heavy atom. The van der Waals surface area contributed by atoms with E-state index in [4.69, 9.17) is 4.74 Å². The molecule has 0 amide bonds. The number of carbonyl (C=O) groups excluding carboxylic acids is 1. The van der Waals surface area contributed by atoms with Crippen molar-refractivity contribution < 1.29 is 9.53 Å². The van der Waals surface area contributed by atoms with E-state index in [-0.39, 0.29) is 11.7 Å². The Bertz CT molecular complexity index is 1060. The highest BCUT2D eigenvalue weighted by Gasteiger charge is 2.38. The third kappa shape index (κ3) is 2.62. The monoisotopic (exact) mass is 371 g/mol. The van der Waals surface area contributed by atoms with E-state index in [2.05, 4.69) is 27.6 Å². The van der Waals surface area contributed by atoms with Crippen molar-refractivity contribution in [2.75, 3.05) is 12.4 Å². The topological polar surface area (TPSA) is 67.0 Å². The Morgan fingerprint density at radius 1 is 1.04 bits per heavy atom. The van der Waals surface area contributed by atoms with Crippen molar-refractivity contribution in [3.05, 3.63) is 77.0 Å². The number of nitrogens with one attached hydrogen (secondary N) is 2. The summed E-state index contributed by atoms with van der Waals surface area (Å²) in [4.78, 5) is 13.0. The highest BCUT2D eigenvalue weighted by Crippen LogP contribution is 2.48. The largest absolute Gasteiger partial charge is 0.497 e. The van der Waals surface area contributed by atoms with Gasteiger partial charge in [0.1, 0.15) is 5.75 Å². The lowest BCUT2D eigenvalue weighted by molar-refractivity contribution is -0.116. The highest BCUT2D eigenvalue weighted by atomic mass is 16.5. The third-order valence-corrected chi connectivity index (χ3v) is 5.62. The first kappa shape index (κ1) is 16.8. The molecular formula is C23H21N3O2. The molecule has 140 valence electrons. The molecule has 1 aliphatic heterocycles. The molecule has 0 radical (unpaired) electrons. The second kappa shape index (κ2) is 6.68. The molecule has 28 heavy (non-hydrogen) atoms. The molecule has 1 aromatic heterocycles. The Morgan fingerprint density at radius 3 is 2.57 bits per heavy atom. The van der Waals surface area contributed by atoms with Crippen LogP contribution in [0.1, 0.15) is 36.3 Å². The molecule has 2 N–H and O–H groups in total. The first-order valence-electron chi connectivity index (χ1n) is 9.57. The van der Waals surface area contributed by atoms with Crippen LogP contribution < -0.4 is 10.1 Å². The predicted molar refractivity (Wildman–Crippen MR) is 108 cm³/mol. The number of benzene rings is 2. The normalized spacial score (nSPS) is 18.3. The molecule has 0 fully saturated rings. The van der Waals surface area contributed by atoms with Crippen LogP contribution in [0.3, 0.4) is 0 Å². The van der Waals surface area contributed by atoms with Gasteiger partial charge in [-0.2, -0.15) is 5.10 Å². The second-order valence-corrected chi connectivity index (χ2v) is 7.23. The van der Waals surface area contributed by atoms with Gasteiger partial charge in [0.05, 0.1) is 12.8 Å². The summed E-state index contributed by atoms with van der Waals surface area (Å²) in [5, 5.41) is 11.2. The summed E-state index contributed by atoms with van der Waals surface area (Å²) in [6.07, 6.45) is 2.35. The number of aromatic amines is 1. The van der Waals surface area contributed by atoms with Gasteiger partial charge < -0.3 is 10.1 Å². The molecular weight excluding hydrogens is 350 g/mol. The number of rotatable bonds is 3. The first-order chi connectivity index (χ1) is 13.8. The zero-order chi connectivity index (χ0) is 19.1. The summed E-state index contributed by atoms with van der Waals surface area (Å²) in [6, 6.07) is 18.1. The van der Waals surface area contributed by atoms with Crippen molar-refractivity contribution >= 4 is 11.6 Å². The number of anilines is 1. The number of ether oxygens (including phenoxy) is 1. The van der Waals surface area contributed by atoms with E-state index in [1.165, 1.54) is 0 Å². The number of hydrogen-bond donors (Lipinski definition) is 2. The number of fused-ring (bicyclic) bond motifs is 1. The quantitative estimate of drug-likeness (QED) is 0.703. The zero-order valence-corrected chi connectivity index (χ0v) is 15.7. The van der Waals surface area contributed by atoms with E-state index in [9.17, 15) is 4.79 Å². The molecule has 0 saturated carbocycles. The van der Waals surface area contributed by atoms with Crippen LogP contribution in [0, 0.1) is 0 Å². The van der Waals surface area contributed by atoms with Gasteiger partial charge in [-0.1, -0.05) is 42.5 Å². The van der Waals surface area contributed by atoms with Crippen LogP contribution >= 0.6 is 0 Å². The molecule has 5 rings (SSSR count). The molecule has 1 aliphatic carbocycles. The first-order valence-corrected chi connectivity index (χ1v) is 9.57. The molecule has 0 spiro atoms. The Kier molecular flexibility index (Phi) is 4.01. The fraction of sp³-hybridized carbons (Fsp3) is 0.217. The summed E-state index contributed by atoms with van der Waals surface area (Å²) < 4.78 is 5.32. The fourth-order valence-electron chi connectivity index (χ4n) is 4.30. The summed E-state index contributed by atoms with van der Waals surface area (Å²) >= 11 is 0. The van der Waals surface area contributed by atoms with Crippen LogP contribution in [0.15, 0.2) is 65.9 Å². The number of methoxy groups -OCH3 is 1. The molecule has 1 atom stereocenters. The van der Waals surface area contributed by atoms with Gasteiger partial charge in [-0.3, -0.25) is 9.89 Å². The van der Waals surface area contributed by atoms with E-state index in [1.54, 1.807) is 7.11 Å². The number of Topliss-reactive ketones (excluding diaryl/α,β-unsaturated/α-hetero) is 1. The lowest BCUT2D eigenvalue weighted by atomic mass is 9.75. The van der Waals surface area contributed by atoms with Crippen molar-refractivity contribution in [1.82, 2.24) is 10.2 Å². The predicted octanol–water partition coefficient (Wildman–Crippen LogP) is 4.65. The average molecular weight is 371 g/mol. The number of hydrogen-bond acceptors (Lipinski definition) is 4. The lowest BCUT2D eigenvalue weighted by Crippen LogP contribution is -2.26. The van der Waals surface area contributed by atoms with E-state index < -0.39 is 0 Å². The van der Waals surface area contributed by atoms with Crippen LogP contribution in [0.25, 0.3) is 11.3 Å². The van der Waals surface area contributed by atoms with E-state index >= 15 is 0 Å². The molecule has 2 heterocycles. The molecule has 0 bridgehead atoms. The molecule has 0 unspecified atom stereocenters. The minimum absolute atomic E-state index is 0.140. The lowest BCUT2D eigenvalue weighted by Gasteiger charge is -2.32.